The molecule has 0 spiro atoms. The number of carbonyl (C=O) groups is 3. The number of ether oxygens (including phenoxy) is 3. The fraction of sp³-hybridized carbons (Fsp3) is 0.706. The zero-order chi connectivity index (χ0) is 19.8. The van der Waals surface area contributed by atoms with Crippen molar-refractivity contribution < 1.29 is 33.0 Å². The van der Waals surface area contributed by atoms with E-state index in [1.165, 1.54) is 6.92 Å². The van der Waals surface area contributed by atoms with Crippen molar-refractivity contribution in [2.75, 3.05) is 6.61 Å². The molecular formula is C17H28FNO6. The number of hydrogen-bond acceptors (Lipinski definition) is 6. The molecule has 0 aromatic rings. The Morgan fingerprint density at radius 1 is 0.920 bits per heavy atom. The summed E-state index contributed by atoms with van der Waals surface area (Å²) in [6.45, 7) is 11.5. The number of allylic oxidation sites excluding steroid dienone is 1. The quantitative estimate of drug-likeness (QED) is 0.443. The van der Waals surface area contributed by atoms with Gasteiger partial charge in [-0.2, -0.15) is 4.39 Å². The Morgan fingerprint density at radius 2 is 1.44 bits per heavy atom. The normalized spacial score (nSPS) is 12.8. The number of carbonyl (C=O) groups excluding carboxylic acids is 3. The van der Waals surface area contributed by atoms with E-state index in [-0.39, 0.29) is 19.4 Å². The summed E-state index contributed by atoms with van der Waals surface area (Å²) in [5.74, 6) is -3.10. The minimum Gasteiger partial charge on any atom is -0.461 e. The number of hydrogen-bond donors (Lipinski definition) is 1. The molecule has 0 heterocycles. The molecule has 0 saturated carbocycles. The van der Waals surface area contributed by atoms with Gasteiger partial charge in [0, 0.05) is 6.42 Å². The molecule has 0 aromatic carbocycles. The molecule has 7 nitrogen and oxygen atoms in total. The van der Waals surface area contributed by atoms with Gasteiger partial charge in [-0.25, -0.2) is 9.59 Å². The van der Waals surface area contributed by atoms with Crippen LogP contribution in [0.25, 0.3) is 0 Å². The molecule has 0 aliphatic rings. The summed E-state index contributed by atoms with van der Waals surface area (Å²) in [5, 5.41) is 2.17. The standard InChI is InChI=1S/C17H28FNO6/c1-8-23-14(21)13(18)11(19-15(22)25-17(5,6)7)9-10-12(20)24-16(2,3)4/h8-10H2,1-7H3,(H,19,22). The number of esters is 2. The van der Waals surface area contributed by atoms with Crippen LogP contribution in [0, 0.1) is 0 Å². The van der Waals surface area contributed by atoms with Gasteiger partial charge in [0.25, 0.3) is 0 Å². The zero-order valence-electron chi connectivity index (χ0n) is 15.9. The Balaban J connectivity index is 5.15. The lowest BCUT2D eigenvalue weighted by molar-refractivity contribution is -0.154. The Bertz CT molecular complexity index is 528. The average molecular weight is 361 g/mol. The molecule has 1 N–H and O–H groups in total. The first-order valence-corrected chi connectivity index (χ1v) is 8.02. The predicted octanol–water partition coefficient (Wildman–Crippen LogP) is 3.38. The summed E-state index contributed by atoms with van der Waals surface area (Å²) in [6, 6.07) is 0. The molecular weight excluding hydrogens is 333 g/mol. The van der Waals surface area contributed by atoms with Crippen LogP contribution in [-0.2, 0) is 23.8 Å². The van der Waals surface area contributed by atoms with Gasteiger partial charge in [-0.3, -0.25) is 10.1 Å². The molecule has 0 bridgehead atoms. The van der Waals surface area contributed by atoms with Crippen molar-refractivity contribution >= 4 is 18.0 Å². The van der Waals surface area contributed by atoms with Crippen molar-refractivity contribution in [3.05, 3.63) is 11.5 Å². The van der Waals surface area contributed by atoms with Crippen molar-refractivity contribution in [3.8, 4) is 0 Å². The van der Waals surface area contributed by atoms with Gasteiger partial charge in [-0.05, 0) is 48.5 Å². The minimum atomic E-state index is -1.28. The molecule has 25 heavy (non-hydrogen) atoms. The van der Waals surface area contributed by atoms with Crippen molar-refractivity contribution in [2.24, 2.45) is 0 Å². The van der Waals surface area contributed by atoms with E-state index < -0.39 is 40.8 Å². The molecule has 0 saturated heterocycles. The molecule has 144 valence electrons. The molecule has 0 aliphatic heterocycles. The lowest BCUT2D eigenvalue weighted by atomic mass is 10.1. The highest BCUT2D eigenvalue weighted by Gasteiger charge is 2.24. The van der Waals surface area contributed by atoms with Gasteiger partial charge in [-0.15, -0.1) is 0 Å². The highest BCUT2D eigenvalue weighted by molar-refractivity contribution is 5.88. The van der Waals surface area contributed by atoms with Crippen LogP contribution in [0.15, 0.2) is 11.5 Å². The topological polar surface area (TPSA) is 90.9 Å². The maximum Gasteiger partial charge on any atom is 0.411 e. The summed E-state index contributed by atoms with van der Waals surface area (Å²) in [6.07, 6.45) is -1.42. The monoisotopic (exact) mass is 361 g/mol. The largest absolute Gasteiger partial charge is 0.461 e. The Morgan fingerprint density at radius 3 is 1.88 bits per heavy atom. The SMILES string of the molecule is CCOC(=O)C(F)=C(CCC(=O)OC(C)(C)C)NC(=O)OC(C)(C)C. The van der Waals surface area contributed by atoms with E-state index in [1.54, 1.807) is 41.5 Å². The highest BCUT2D eigenvalue weighted by Crippen LogP contribution is 2.16. The molecule has 0 rings (SSSR count). The zero-order valence-corrected chi connectivity index (χ0v) is 15.9. The molecule has 0 aromatic heterocycles. The average Bonchev–Trinajstić information content (AvgIpc) is 2.38. The maximum atomic E-state index is 14.2. The molecule has 0 radical (unpaired) electrons. The van der Waals surface area contributed by atoms with Gasteiger partial charge in [0.15, 0.2) is 0 Å². The van der Waals surface area contributed by atoms with E-state index in [1.807, 2.05) is 0 Å². The smallest absolute Gasteiger partial charge is 0.411 e. The number of nitrogens with one attached hydrogen (secondary N) is 1. The van der Waals surface area contributed by atoms with Crippen molar-refractivity contribution in [1.82, 2.24) is 5.32 Å². The third-order valence-electron chi connectivity index (χ3n) is 2.37. The number of amides is 1. The van der Waals surface area contributed by atoms with E-state index in [0.717, 1.165) is 0 Å². The van der Waals surface area contributed by atoms with Crippen LogP contribution in [0.2, 0.25) is 0 Å². The van der Waals surface area contributed by atoms with Gasteiger partial charge >= 0.3 is 18.0 Å². The Labute approximate surface area is 147 Å². The summed E-state index contributed by atoms with van der Waals surface area (Å²) < 4.78 is 28.9. The number of rotatable bonds is 6. The van der Waals surface area contributed by atoms with Gasteiger partial charge < -0.3 is 14.2 Å². The van der Waals surface area contributed by atoms with Crippen LogP contribution >= 0.6 is 0 Å². The fourth-order valence-corrected chi connectivity index (χ4v) is 1.59. The van der Waals surface area contributed by atoms with Crippen LogP contribution in [-0.4, -0.2) is 35.8 Å². The minimum absolute atomic E-state index is 0.0297. The second kappa shape index (κ2) is 9.39. The Kier molecular flexibility index (Phi) is 8.59. The maximum absolute atomic E-state index is 14.2. The molecule has 0 fully saturated rings. The third-order valence-corrected chi connectivity index (χ3v) is 2.37. The second-order valence-corrected chi connectivity index (χ2v) is 7.23. The van der Waals surface area contributed by atoms with Crippen molar-refractivity contribution in [1.29, 1.82) is 0 Å². The lowest BCUT2D eigenvalue weighted by Crippen LogP contribution is -2.33. The molecule has 0 aliphatic carbocycles. The van der Waals surface area contributed by atoms with Crippen molar-refractivity contribution in [2.45, 2.75) is 72.5 Å². The van der Waals surface area contributed by atoms with E-state index in [4.69, 9.17) is 9.47 Å². The second-order valence-electron chi connectivity index (χ2n) is 7.23. The number of halogens is 1. The molecule has 1 amide bonds. The first-order chi connectivity index (χ1) is 11.2. The summed E-state index contributed by atoms with van der Waals surface area (Å²) in [5.41, 5.74) is -1.89. The van der Waals surface area contributed by atoms with Crippen LogP contribution in [0.5, 0.6) is 0 Å². The summed E-state index contributed by atoms with van der Waals surface area (Å²) >= 11 is 0. The van der Waals surface area contributed by atoms with Crippen LogP contribution in [0.1, 0.15) is 61.3 Å². The van der Waals surface area contributed by atoms with Gasteiger partial charge in [0.2, 0.25) is 5.83 Å². The van der Waals surface area contributed by atoms with Crippen LogP contribution in [0.4, 0.5) is 9.18 Å². The van der Waals surface area contributed by atoms with E-state index in [9.17, 15) is 18.8 Å². The summed E-state index contributed by atoms with van der Waals surface area (Å²) in [4.78, 5) is 35.2. The molecule has 0 unspecified atom stereocenters. The van der Waals surface area contributed by atoms with Crippen molar-refractivity contribution in [3.63, 3.8) is 0 Å². The molecule has 0 atom stereocenters. The third kappa shape index (κ3) is 11.1. The predicted molar refractivity (Wildman–Crippen MR) is 89.2 cm³/mol. The number of alkyl carbamates (subject to hydrolysis) is 1. The first-order valence-electron chi connectivity index (χ1n) is 8.02. The van der Waals surface area contributed by atoms with E-state index in [2.05, 4.69) is 10.1 Å². The first kappa shape index (κ1) is 22.9. The van der Waals surface area contributed by atoms with E-state index >= 15 is 0 Å². The highest BCUT2D eigenvalue weighted by atomic mass is 19.1. The fourth-order valence-electron chi connectivity index (χ4n) is 1.59. The summed E-state index contributed by atoms with van der Waals surface area (Å²) in [7, 11) is 0. The van der Waals surface area contributed by atoms with Gasteiger partial charge in [0.1, 0.15) is 11.2 Å². The van der Waals surface area contributed by atoms with E-state index in [0.29, 0.717) is 0 Å². The van der Waals surface area contributed by atoms with Crippen LogP contribution < -0.4 is 5.32 Å². The van der Waals surface area contributed by atoms with Gasteiger partial charge in [-0.1, -0.05) is 0 Å². The lowest BCUT2D eigenvalue weighted by Gasteiger charge is -2.21. The van der Waals surface area contributed by atoms with Gasteiger partial charge in [0.05, 0.1) is 18.7 Å². The van der Waals surface area contributed by atoms with Crippen LogP contribution in [0.3, 0.4) is 0 Å². The molecule has 8 heteroatoms. The Hall–Kier alpha value is -2.12.